The highest BCUT2D eigenvalue weighted by Gasteiger charge is 2.20. The Morgan fingerprint density at radius 2 is 2.08 bits per heavy atom. The number of anilines is 2. The molecular weight excluding hydrogens is 378 g/mol. The zero-order chi connectivity index (χ0) is 18.6. The molecule has 9 heteroatoms. The van der Waals surface area contributed by atoms with E-state index in [1.807, 2.05) is 6.07 Å². The molecule has 0 saturated heterocycles. The number of hydrogen-bond donors (Lipinski definition) is 2. The summed E-state index contributed by atoms with van der Waals surface area (Å²) in [7, 11) is -2.48. The van der Waals surface area contributed by atoms with E-state index in [9.17, 15) is 8.42 Å². The quantitative estimate of drug-likeness (QED) is 0.635. The van der Waals surface area contributed by atoms with E-state index >= 15 is 0 Å². The molecule has 3 rings (SSSR count). The summed E-state index contributed by atoms with van der Waals surface area (Å²) in [5.74, 6) is 1.56. The summed E-state index contributed by atoms with van der Waals surface area (Å²) >= 11 is 5.90. The Morgan fingerprint density at radius 1 is 1.23 bits per heavy atom. The zero-order valence-electron chi connectivity index (χ0n) is 13.8. The van der Waals surface area contributed by atoms with Crippen molar-refractivity contribution in [3.8, 4) is 5.75 Å². The first-order valence-electron chi connectivity index (χ1n) is 7.56. The predicted octanol–water partition coefficient (Wildman–Crippen LogP) is 3.75. The first-order valence-corrected chi connectivity index (χ1v) is 9.43. The van der Waals surface area contributed by atoms with E-state index in [4.69, 9.17) is 20.8 Å². The third-order valence-electron chi connectivity index (χ3n) is 3.45. The van der Waals surface area contributed by atoms with Crippen LogP contribution in [0.2, 0.25) is 5.02 Å². The SMILES string of the molecule is COc1ccc(Cl)cc1S(=O)(=O)Nc1ccc(NCc2ccco2)nc1. The summed E-state index contributed by atoms with van der Waals surface area (Å²) in [5, 5.41) is 3.37. The van der Waals surface area contributed by atoms with Gasteiger partial charge in [0.25, 0.3) is 10.0 Å². The second-order valence-electron chi connectivity index (χ2n) is 5.27. The number of ether oxygens (including phenoxy) is 1. The monoisotopic (exact) mass is 393 g/mol. The Balaban J connectivity index is 1.73. The van der Waals surface area contributed by atoms with Crippen LogP contribution < -0.4 is 14.8 Å². The van der Waals surface area contributed by atoms with Crippen LogP contribution in [-0.2, 0) is 16.6 Å². The first-order chi connectivity index (χ1) is 12.5. The molecule has 26 heavy (non-hydrogen) atoms. The van der Waals surface area contributed by atoms with Gasteiger partial charge in [0.1, 0.15) is 22.2 Å². The minimum Gasteiger partial charge on any atom is -0.495 e. The fourth-order valence-electron chi connectivity index (χ4n) is 2.22. The molecule has 2 N–H and O–H groups in total. The molecule has 1 aromatic carbocycles. The lowest BCUT2D eigenvalue weighted by atomic mass is 10.3. The van der Waals surface area contributed by atoms with E-state index in [0.29, 0.717) is 23.1 Å². The van der Waals surface area contributed by atoms with Crippen LogP contribution in [-0.4, -0.2) is 20.5 Å². The summed E-state index contributed by atoms with van der Waals surface area (Å²) in [6.45, 7) is 0.477. The highest BCUT2D eigenvalue weighted by molar-refractivity contribution is 7.92. The molecule has 0 spiro atoms. The lowest BCUT2D eigenvalue weighted by molar-refractivity contribution is 0.403. The van der Waals surface area contributed by atoms with Crippen molar-refractivity contribution in [3.05, 3.63) is 65.7 Å². The van der Waals surface area contributed by atoms with Crippen molar-refractivity contribution >= 4 is 33.1 Å². The Hall–Kier alpha value is -2.71. The molecule has 0 aliphatic rings. The molecule has 0 unspecified atom stereocenters. The fraction of sp³-hybridized carbons (Fsp3) is 0.118. The van der Waals surface area contributed by atoms with Crippen molar-refractivity contribution in [2.45, 2.75) is 11.4 Å². The van der Waals surface area contributed by atoms with Crippen LogP contribution in [0.15, 0.2) is 64.2 Å². The molecule has 0 radical (unpaired) electrons. The Bertz CT molecular complexity index is 974. The van der Waals surface area contributed by atoms with Gasteiger partial charge in [-0.3, -0.25) is 4.72 Å². The van der Waals surface area contributed by atoms with Crippen LogP contribution in [0.3, 0.4) is 0 Å². The molecule has 0 fully saturated rings. The summed E-state index contributed by atoms with van der Waals surface area (Å²) < 4.78 is 38.0. The van der Waals surface area contributed by atoms with E-state index < -0.39 is 10.0 Å². The van der Waals surface area contributed by atoms with Gasteiger partial charge in [0.05, 0.1) is 31.8 Å². The minimum atomic E-state index is -3.87. The van der Waals surface area contributed by atoms with Crippen molar-refractivity contribution in [3.63, 3.8) is 0 Å². The third-order valence-corrected chi connectivity index (χ3v) is 5.09. The summed E-state index contributed by atoms with van der Waals surface area (Å²) in [5.41, 5.74) is 0.315. The molecule has 0 aliphatic heterocycles. The van der Waals surface area contributed by atoms with Gasteiger partial charge >= 0.3 is 0 Å². The largest absolute Gasteiger partial charge is 0.495 e. The summed E-state index contributed by atoms with van der Waals surface area (Å²) in [6, 6.07) is 11.3. The molecule has 2 heterocycles. The number of methoxy groups -OCH3 is 1. The van der Waals surface area contributed by atoms with Crippen molar-refractivity contribution in [1.29, 1.82) is 0 Å². The zero-order valence-corrected chi connectivity index (χ0v) is 15.3. The van der Waals surface area contributed by atoms with Gasteiger partial charge in [-0.1, -0.05) is 11.6 Å². The van der Waals surface area contributed by atoms with Crippen molar-refractivity contribution in [2.24, 2.45) is 0 Å². The Kier molecular flexibility index (Phi) is 5.34. The molecule has 3 aromatic rings. The van der Waals surface area contributed by atoms with E-state index in [0.717, 1.165) is 5.76 Å². The topological polar surface area (TPSA) is 93.5 Å². The summed E-state index contributed by atoms with van der Waals surface area (Å²) in [4.78, 5) is 4.13. The Labute approximate surface area is 156 Å². The van der Waals surface area contributed by atoms with Gasteiger partial charge in [0.15, 0.2) is 0 Å². The fourth-order valence-corrected chi connectivity index (χ4v) is 3.70. The van der Waals surface area contributed by atoms with E-state index in [1.165, 1.54) is 25.4 Å². The minimum absolute atomic E-state index is 0.0486. The van der Waals surface area contributed by atoms with Gasteiger partial charge in [-0.15, -0.1) is 0 Å². The van der Waals surface area contributed by atoms with Crippen molar-refractivity contribution in [2.75, 3.05) is 17.1 Å². The molecule has 0 atom stereocenters. The van der Waals surface area contributed by atoms with Crippen molar-refractivity contribution in [1.82, 2.24) is 4.98 Å². The van der Waals surface area contributed by atoms with Gasteiger partial charge in [-0.2, -0.15) is 0 Å². The number of nitrogens with zero attached hydrogens (tertiary/aromatic N) is 1. The number of halogens is 1. The van der Waals surface area contributed by atoms with Gasteiger partial charge in [0.2, 0.25) is 0 Å². The number of nitrogens with one attached hydrogen (secondary N) is 2. The van der Waals surface area contributed by atoms with Crippen LogP contribution >= 0.6 is 11.6 Å². The molecular formula is C17H16ClN3O4S. The number of sulfonamides is 1. The predicted molar refractivity (Wildman–Crippen MR) is 99.1 cm³/mol. The van der Waals surface area contributed by atoms with Crippen LogP contribution in [0.25, 0.3) is 0 Å². The molecule has 0 amide bonds. The second kappa shape index (κ2) is 7.67. The maximum Gasteiger partial charge on any atom is 0.265 e. The summed E-state index contributed by atoms with van der Waals surface area (Å²) in [6.07, 6.45) is 3.01. The standard InChI is InChI=1S/C17H16ClN3O4S/c1-24-15-6-4-12(18)9-16(15)26(22,23)21-13-5-7-17(19-10-13)20-11-14-3-2-8-25-14/h2-10,21H,11H2,1H3,(H,19,20). The Morgan fingerprint density at radius 3 is 2.73 bits per heavy atom. The maximum absolute atomic E-state index is 12.6. The average Bonchev–Trinajstić information content (AvgIpc) is 3.14. The highest BCUT2D eigenvalue weighted by Crippen LogP contribution is 2.28. The van der Waals surface area contributed by atoms with Crippen molar-refractivity contribution < 1.29 is 17.6 Å². The average molecular weight is 394 g/mol. The number of benzene rings is 1. The first kappa shape index (κ1) is 18.1. The van der Waals surface area contributed by atoms with E-state index in [-0.39, 0.29) is 10.6 Å². The van der Waals surface area contributed by atoms with Gasteiger partial charge < -0.3 is 14.5 Å². The third kappa shape index (κ3) is 4.27. The van der Waals surface area contributed by atoms with Crippen LogP contribution in [0.1, 0.15) is 5.76 Å². The van der Waals surface area contributed by atoms with Gasteiger partial charge in [-0.25, -0.2) is 13.4 Å². The smallest absolute Gasteiger partial charge is 0.265 e. The van der Waals surface area contributed by atoms with Crippen LogP contribution in [0, 0.1) is 0 Å². The molecule has 2 aromatic heterocycles. The molecule has 0 aliphatic carbocycles. The second-order valence-corrected chi connectivity index (χ2v) is 7.35. The van der Waals surface area contributed by atoms with Gasteiger partial charge in [0, 0.05) is 5.02 Å². The molecule has 0 saturated carbocycles. The van der Waals surface area contributed by atoms with E-state index in [1.54, 1.807) is 30.5 Å². The van der Waals surface area contributed by atoms with Gasteiger partial charge in [-0.05, 0) is 42.5 Å². The maximum atomic E-state index is 12.6. The van der Waals surface area contributed by atoms with E-state index in [2.05, 4.69) is 15.0 Å². The number of rotatable bonds is 7. The number of pyridine rings is 1. The lowest BCUT2D eigenvalue weighted by Gasteiger charge is -2.12. The van der Waals surface area contributed by atoms with Crippen LogP contribution in [0.4, 0.5) is 11.5 Å². The molecule has 136 valence electrons. The highest BCUT2D eigenvalue weighted by atomic mass is 35.5. The lowest BCUT2D eigenvalue weighted by Crippen LogP contribution is -2.14. The molecule has 0 bridgehead atoms. The van der Waals surface area contributed by atoms with Crippen LogP contribution in [0.5, 0.6) is 5.75 Å². The molecule has 7 nitrogen and oxygen atoms in total. The normalized spacial score (nSPS) is 11.2. The number of hydrogen-bond acceptors (Lipinski definition) is 6. The number of aromatic nitrogens is 1. The number of furan rings is 1.